The van der Waals surface area contributed by atoms with E-state index in [0.717, 1.165) is 13.0 Å². The van der Waals surface area contributed by atoms with Crippen LogP contribution in [0, 0.1) is 18.3 Å². The van der Waals surface area contributed by atoms with Crippen LogP contribution in [0.5, 0.6) is 0 Å². The molecule has 1 rings (SSSR count). The second-order valence-electron chi connectivity index (χ2n) is 2.99. The van der Waals surface area contributed by atoms with E-state index < -0.39 is 6.17 Å². The van der Waals surface area contributed by atoms with E-state index in [0.29, 0.717) is 13.2 Å². The summed E-state index contributed by atoms with van der Waals surface area (Å²) in [5, 5.41) is 2.98. The van der Waals surface area contributed by atoms with Crippen molar-refractivity contribution in [3.63, 3.8) is 0 Å². The highest BCUT2D eigenvalue weighted by Gasteiger charge is 2.24. The number of alkyl halides is 1. The molecule has 3 heteroatoms. The molecule has 68 valence electrons. The van der Waals surface area contributed by atoms with Gasteiger partial charge in [0.2, 0.25) is 0 Å². The molecule has 2 nitrogen and oxygen atoms in total. The second kappa shape index (κ2) is 5.13. The van der Waals surface area contributed by atoms with E-state index in [2.05, 4.69) is 11.2 Å². The summed E-state index contributed by atoms with van der Waals surface area (Å²) in [6.07, 6.45) is 5.06. The van der Waals surface area contributed by atoms with Crippen LogP contribution in [0.2, 0.25) is 0 Å². The van der Waals surface area contributed by atoms with Gasteiger partial charge in [-0.05, 0) is 13.0 Å². The molecular formula is C9H14FNO. The summed E-state index contributed by atoms with van der Waals surface area (Å²) < 4.78 is 18.2. The first-order valence-corrected chi connectivity index (χ1v) is 4.20. The third kappa shape index (κ3) is 2.80. The van der Waals surface area contributed by atoms with E-state index in [1.165, 1.54) is 0 Å². The Balaban J connectivity index is 2.16. The molecule has 0 saturated carbocycles. The quantitative estimate of drug-likeness (QED) is 0.495. The lowest BCUT2D eigenvalue weighted by Gasteiger charge is -2.25. The number of halogens is 1. The van der Waals surface area contributed by atoms with Crippen LogP contribution in [0.3, 0.4) is 0 Å². The van der Waals surface area contributed by atoms with Crippen molar-refractivity contribution in [2.75, 3.05) is 26.3 Å². The zero-order valence-electron chi connectivity index (χ0n) is 7.05. The van der Waals surface area contributed by atoms with Gasteiger partial charge in [0, 0.05) is 12.5 Å². The second-order valence-corrected chi connectivity index (χ2v) is 2.99. The van der Waals surface area contributed by atoms with E-state index in [-0.39, 0.29) is 12.5 Å². The minimum atomic E-state index is -0.781. The Morgan fingerprint density at radius 3 is 3.17 bits per heavy atom. The minimum Gasteiger partial charge on any atom is -0.368 e. The number of piperidine rings is 1. The monoisotopic (exact) mass is 171 g/mol. The fourth-order valence-corrected chi connectivity index (χ4v) is 1.33. The lowest BCUT2D eigenvalue weighted by molar-refractivity contribution is 0.0656. The summed E-state index contributed by atoms with van der Waals surface area (Å²) in [7, 11) is 0. The molecule has 0 bridgehead atoms. The maximum Gasteiger partial charge on any atom is 0.118 e. The zero-order valence-corrected chi connectivity index (χ0v) is 7.05. The third-order valence-electron chi connectivity index (χ3n) is 2.06. The van der Waals surface area contributed by atoms with Gasteiger partial charge in [0.1, 0.15) is 12.8 Å². The molecule has 0 aromatic carbocycles. The Bertz CT molecular complexity index is 166. The van der Waals surface area contributed by atoms with Gasteiger partial charge < -0.3 is 10.1 Å². The highest BCUT2D eigenvalue weighted by Crippen LogP contribution is 2.15. The summed E-state index contributed by atoms with van der Waals surface area (Å²) in [6, 6.07) is 0. The lowest BCUT2D eigenvalue weighted by atomic mass is 9.97. The standard InChI is InChI=1S/C9H14FNO/c1-2-5-12-7-8-3-4-11-6-9(8)10/h1,8-9,11H,3-7H2. The lowest BCUT2D eigenvalue weighted by Crippen LogP contribution is -2.40. The Kier molecular flexibility index (Phi) is 4.06. The van der Waals surface area contributed by atoms with E-state index in [1.54, 1.807) is 0 Å². The SMILES string of the molecule is C#CCOCC1CCNCC1F. The van der Waals surface area contributed by atoms with Gasteiger partial charge >= 0.3 is 0 Å². The van der Waals surface area contributed by atoms with Crippen molar-refractivity contribution in [1.29, 1.82) is 0 Å². The molecule has 1 aliphatic heterocycles. The highest BCUT2D eigenvalue weighted by molar-refractivity contribution is 4.84. The van der Waals surface area contributed by atoms with Gasteiger partial charge in [-0.3, -0.25) is 0 Å². The maximum absolute atomic E-state index is 13.1. The number of hydrogen-bond acceptors (Lipinski definition) is 2. The van der Waals surface area contributed by atoms with Crippen LogP contribution < -0.4 is 5.32 Å². The summed E-state index contributed by atoms with van der Waals surface area (Å²) in [5.41, 5.74) is 0. The molecule has 0 radical (unpaired) electrons. The van der Waals surface area contributed by atoms with Crippen LogP contribution in [0.25, 0.3) is 0 Å². The number of nitrogens with one attached hydrogen (secondary N) is 1. The molecule has 0 aromatic rings. The summed E-state index contributed by atoms with van der Waals surface area (Å²) in [5.74, 6) is 2.39. The first-order valence-electron chi connectivity index (χ1n) is 4.20. The largest absolute Gasteiger partial charge is 0.368 e. The first-order chi connectivity index (χ1) is 5.84. The molecule has 1 saturated heterocycles. The molecule has 0 spiro atoms. The van der Waals surface area contributed by atoms with E-state index >= 15 is 0 Å². The van der Waals surface area contributed by atoms with Crippen molar-refractivity contribution in [3.05, 3.63) is 0 Å². The molecule has 0 aromatic heterocycles. The number of terminal acetylenes is 1. The van der Waals surface area contributed by atoms with Crippen LogP contribution in [0.15, 0.2) is 0 Å². The Hall–Kier alpha value is -0.590. The van der Waals surface area contributed by atoms with Gasteiger partial charge in [0.15, 0.2) is 0 Å². The molecule has 1 aliphatic rings. The van der Waals surface area contributed by atoms with Crippen molar-refractivity contribution < 1.29 is 9.13 Å². The van der Waals surface area contributed by atoms with E-state index in [1.807, 2.05) is 0 Å². The van der Waals surface area contributed by atoms with Crippen molar-refractivity contribution in [2.24, 2.45) is 5.92 Å². The van der Waals surface area contributed by atoms with Crippen LogP contribution in [-0.4, -0.2) is 32.5 Å². The Labute approximate surface area is 72.5 Å². The molecule has 2 unspecified atom stereocenters. The maximum atomic E-state index is 13.1. The topological polar surface area (TPSA) is 21.3 Å². The third-order valence-corrected chi connectivity index (χ3v) is 2.06. The zero-order chi connectivity index (χ0) is 8.81. The summed E-state index contributed by atoms with van der Waals surface area (Å²) in [4.78, 5) is 0. The molecule has 1 heterocycles. The average molecular weight is 171 g/mol. The van der Waals surface area contributed by atoms with E-state index in [9.17, 15) is 4.39 Å². The highest BCUT2D eigenvalue weighted by atomic mass is 19.1. The molecular weight excluding hydrogens is 157 g/mol. The van der Waals surface area contributed by atoms with Crippen molar-refractivity contribution in [1.82, 2.24) is 5.32 Å². The molecule has 0 amide bonds. The number of rotatable bonds is 3. The van der Waals surface area contributed by atoms with Crippen molar-refractivity contribution in [3.8, 4) is 12.3 Å². The molecule has 12 heavy (non-hydrogen) atoms. The van der Waals surface area contributed by atoms with Gasteiger partial charge in [-0.25, -0.2) is 4.39 Å². The smallest absolute Gasteiger partial charge is 0.118 e. The Morgan fingerprint density at radius 2 is 2.50 bits per heavy atom. The van der Waals surface area contributed by atoms with Gasteiger partial charge in [-0.15, -0.1) is 6.42 Å². The summed E-state index contributed by atoms with van der Waals surface area (Å²) in [6.45, 7) is 2.07. The predicted octanol–water partition coefficient (Wildman–Crippen LogP) is 0.584. The molecule has 1 fully saturated rings. The number of ether oxygens (including phenoxy) is 1. The van der Waals surface area contributed by atoms with Gasteiger partial charge in [0.25, 0.3) is 0 Å². The predicted molar refractivity (Wildman–Crippen MR) is 45.5 cm³/mol. The fourth-order valence-electron chi connectivity index (χ4n) is 1.33. The van der Waals surface area contributed by atoms with Crippen molar-refractivity contribution >= 4 is 0 Å². The molecule has 0 aliphatic carbocycles. The van der Waals surface area contributed by atoms with Gasteiger partial charge in [-0.1, -0.05) is 5.92 Å². The van der Waals surface area contributed by atoms with Crippen LogP contribution >= 0.6 is 0 Å². The van der Waals surface area contributed by atoms with Crippen LogP contribution in [-0.2, 0) is 4.74 Å². The van der Waals surface area contributed by atoms with Crippen LogP contribution in [0.4, 0.5) is 4.39 Å². The molecule has 2 atom stereocenters. The number of hydrogen-bond donors (Lipinski definition) is 1. The normalized spacial score (nSPS) is 29.7. The fraction of sp³-hybridized carbons (Fsp3) is 0.778. The van der Waals surface area contributed by atoms with Gasteiger partial charge in [0.05, 0.1) is 6.61 Å². The van der Waals surface area contributed by atoms with Gasteiger partial charge in [-0.2, -0.15) is 0 Å². The first kappa shape index (κ1) is 9.50. The summed E-state index contributed by atoms with van der Waals surface area (Å²) >= 11 is 0. The Morgan fingerprint density at radius 1 is 1.67 bits per heavy atom. The van der Waals surface area contributed by atoms with E-state index in [4.69, 9.17) is 11.2 Å². The van der Waals surface area contributed by atoms with Crippen molar-refractivity contribution in [2.45, 2.75) is 12.6 Å². The average Bonchev–Trinajstić information content (AvgIpc) is 2.09. The minimum absolute atomic E-state index is 0.0274. The molecule has 1 N–H and O–H groups in total. The van der Waals surface area contributed by atoms with Crippen LogP contribution in [0.1, 0.15) is 6.42 Å².